The number of hydrogen-bond acceptors (Lipinski definition) is 5. The Morgan fingerprint density at radius 1 is 1.12 bits per heavy atom. The van der Waals surface area contributed by atoms with Gasteiger partial charge in [-0.05, 0) is 36.4 Å². The highest BCUT2D eigenvalue weighted by Gasteiger charge is 2.12. The molecule has 0 N–H and O–H groups in total. The van der Waals surface area contributed by atoms with E-state index in [1.807, 2.05) is 35.7 Å². The number of hydrogen-bond donors (Lipinski definition) is 0. The predicted molar refractivity (Wildman–Crippen MR) is 102 cm³/mol. The Morgan fingerprint density at radius 2 is 2.00 bits per heavy atom. The predicted octanol–water partition coefficient (Wildman–Crippen LogP) is 6.38. The van der Waals surface area contributed by atoms with Crippen molar-refractivity contribution in [3.8, 4) is 28.8 Å². The van der Waals surface area contributed by atoms with Gasteiger partial charge in [0.1, 0.15) is 28.3 Å². The molecule has 4 rings (SSSR count). The van der Waals surface area contributed by atoms with E-state index in [4.69, 9.17) is 20.4 Å². The fourth-order valence-electron chi connectivity index (χ4n) is 2.46. The van der Waals surface area contributed by atoms with Gasteiger partial charge < -0.3 is 8.83 Å². The Bertz CT molecular complexity index is 1120. The molecule has 0 unspecified atom stereocenters. The summed E-state index contributed by atoms with van der Waals surface area (Å²) in [5, 5.41) is 12.6. The van der Waals surface area contributed by atoms with Gasteiger partial charge in [0.25, 0.3) is 0 Å². The van der Waals surface area contributed by atoms with Crippen molar-refractivity contribution in [2.24, 2.45) is 0 Å². The van der Waals surface area contributed by atoms with Gasteiger partial charge in [0.05, 0.1) is 16.9 Å². The van der Waals surface area contributed by atoms with Gasteiger partial charge in [-0.25, -0.2) is 4.98 Å². The molecule has 1 aromatic carbocycles. The first-order valence-corrected chi connectivity index (χ1v) is 8.96. The van der Waals surface area contributed by atoms with Crippen LogP contribution in [-0.2, 0) is 0 Å². The van der Waals surface area contributed by atoms with E-state index in [1.54, 1.807) is 30.5 Å². The van der Waals surface area contributed by atoms with Crippen LogP contribution in [0.15, 0.2) is 69.0 Å². The quantitative estimate of drug-likeness (QED) is 0.386. The van der Waals surface area contributed by atoms with Gasteiger partial charge >= 0.3 is 0 Å². The SMILES string of the molecule is N#C/C(=C\c1ccc(-c2ccccc2Cl)o1)c1nc(-c2ccco2)cs1. The zero-order valence-electron chi connectivity index (χ0n) is 13.3. The summed E-state index contributed by atoms with van der Waals surface area (Å²) in [6.45, 7) is 0. The molecule has 0 aliphatic rings. The van der Waals surface area contributed by atoms with E-state index < -0.39 is 0 Å². The van der Waals surface area contributed by atoms with Crippen LogP contribution in [0.25, 0.3) is 34.4 Å². The van der Waals surface area contributed by atoms with Crippen molar-refractivity contribution >= 4 is 34.6 Å². The van der Waals surface area contributed by atoms with Crippen molar-refractivity contribution in [2.75, 3.05) is 0 Å². The maximum absolute atomic E-state index is 9.51. The third-order valence-electron chi connectivity index (χ3n) is 3.68. The number of furan rings is 2. The van der Waals surface area contributed by atoms with Gasteiger partial charge in [-0.3, -0.25) is 0 Å². The average molecular weight is 379 g/mol. The molecule has 0 aliphatic carbocycles. The Labute approximate surface area is 158 Å². The number of benzene rings is 1. The molecule has 0 amide bonds. The van der Waals surface area contributed by atoms with Gasteiger partial charge in [-0.15, -0.1) is 11.3 Å². The highest BCUT2D eigenvalue weighted by molar-refractivity contribution is 7.11. The van der Waals surface area contributed by atoms with Crippen LogP contribution in [0, 0.1) is 11.3 Å². The number of allylic oxidation sites excluding steroid dienone is 1. The molecule has 0 fully saturated rings. The van der Waals surface area contributed by atoms with E-state index in [2.05, 4.69) is 11.1 Å². The summed E-state index contributed by atoms with van der Waals surface area (Å²) in [4.78, 5) is 4.47. The molecular weight excluding hydrogens is 368 g/mol. The zero-order chi connectivity index (χ0) is 17.9. The normalized spacial score (nSPS) is 11.5. The number of aromatic nitrogens is 1. The second-order valence-corrected chi connectivity index (χ2v) is 6.63. The molecule has 6 heteroatoms. The third-order valence-corrected chi connectivity index (χ3v) is 4.89. The lowest BCUT2D eigenvalue weighted by molar-refractivity contribution is 0.572. The van der Waals surface area contributed by atoms with Gasteiger partial charge in [0.15, 0.2) is 5.76 Å². The van der Waals surface area contributed by atoms with E-state index in [1.165, 1.54) is 11.3 Å². The Morgan fingerprint density at radius 3 is 2.77 bits per heavy atom. The molecular formula is C20H11ClN2O2S. The highest BCUT2D eigenvalue weighted by atomic mass is 35.5. The maximum atomic E-state index is 9.51. The van der Waals surface area contributed by atoms with E-state index in [9.17, 15) is 5.26 Å². The summed E-state index contributed by atoms with van der Waals surface area (Å²) in [6, 6.07) is 16.9. The summed E-state index contributed by atoms with van der Waals surface area (Å²) in [5.41, 5.74) is 1.93. The van der Waals surface area contributed by atoms with Crippen LogP contribution in [0.3, 0.4) is 0 Å². The lowest BCUT2D eigenvalue weighted by atomic mass is 10.2. The zero-order valence-corrected chi connectivity index (χ0v) is 14.9. The topological polar surface area (TPSA) is 63.0 Å². The van der Waals surface area contributed by atoms with Crippen molar-refractivity contribution in [2.45, 2.75) is 0 Å². The summed E-state index contributed by atoms with van der Waals surface area (Å²) in [5.74, 6) is 1.88. The second kappa shape index (κ2) is 7.04. The van der Waals surface area contributed by atoms with Crippen LogP contribution >= 0.6 is 22.9 Å². The minimum atomic E-state index is 0.424. The standard InChI is InChI=1S/C20H11ClN2O2S/c21-16-5-2-1-4-15(16)18-8-7-14(25-18)10-13(11-22)20-23-17(12-26-20)19-6-3-9-24-19/h1-10,12H/b13-10+. The monoisotopic (exact) mass is 378 g/mol. The van der Waals surface area contributed by atoms with Gasteiger partial charge in [-0.2, -0.15) is 5.26 Å². The molecule has 0 spiro atoms. The minimum absolute atomic E-state index is 0.424. The lowest BCUT2D eigenvalue weighted by Crippen LogP contribution is -1.81. The van der Waals surface area contributed by atoms with Crippen LogP contribution in [0.4, 0.5) is 0 Å². The molecule has 0 aliphatic heterocycles. The average Bonchev–Trinajstić information content (AvgIpc) is 3.40. The lowest BCUT2D eigenvalue weighted by Gasteiger charge is -1.99. The molecule has 3 heterocycles. The van der Waals surface area contributed by atoms with Crippen LogP contribution in [-0.4, -0.2) is 4.98 Å². The van der Waals surface area contributed by atoms with Crippen LogP contribution < -0.4 is 0 Å². The molecule has 0 bridgehead atoms. The summed E-state index contributed by atoms with van der Waals surface area (Å²) in [7, 11) is 0. The molecule has 4 aromatic rings. The van der Waals surface area contributed by atoms with Crippen LogP contribution in [0.2, 0.25) is 5.02 Å². The number of halogens is 1. The van der Waals surface area contributed by atoms with Crippen molar-refractivity contribution < 1.29 is 8.83 Å². The van der Waals surface area contributed by atoms with Gasteiger partial charge in [0, 0.05) is 17.0 Å². The maximum Gasteiger partial charge on any atom is 0.153 e. The van der Waals surface area contributed by atoms with Crippen molar-refractivity contribution in [3.63, 3.8) is 0 Å². The number of thiazole rings is 1. The van der Waals surface area contributed by atoms with Crippen LogP contribution in [0.1, 0.15) is 10.8 Å². The molecule has 0 atom stereocenters. The summed E-state index contributed by atoms with van der Waals surface area (Å²) in [6.07, 6.45) is 3.26. The first-order valence-electron chi connectivity index (χ1n) is 7.71. The van der Waals surface area contributed by atoms with E-state index in [-0.39, 0.29) is 0 Å². The third kappa shape index (κ3) is 3.21. The van der Waals surface area contributed by atoms with Gasteiger partial charge in [-0.1, -0.05) is 23.7 Å². The highest BCUT2D eigenvalue weighted by Crippen LogP contribution is 2.31. The van der Waals surface area contributed by atoms with Gasteiger partial charge in [0.2, 0.25) is 0 Å². The van der Waals surface area contributed by atoms with Crippen molar-refractivity contribution in [3.05, 3.63) is 76.0 Å². The van der Waals surface area contributed by atoms with E-state index >= 15 is 0 Å². The molecule has 3 aromatic heterocycles. The number of nitriles is 1. The smallest absolute Gasteiger partial charge is 0.153 e. The number of rotatable bonds is 4. The fraction of sp³-hybridized carbons (Fsp3) is 0. The molecule has 126 valence electrons. The van der Waals surface area contributed by atoms with E-state index in [0.29, 0.717) is 38.6 Å². The minimum Gasteiger partial charge on any atom is -0.463 e. The van der Waals surface area contributed by atoms with Crippen molar-refractivity contribution in [1.82, 2.24) is 4.98 Å². The van der Waals surface area contributed by atoms with Crippen molar-refractivity contribution in [1.29, 1.82) is 5.26 Å². The number of nitrogens with zero attached hydrogens (tertiary/aromatic N) is 2. The Kier molecular flexibility index (Phi) is 4.44. The molecule has 0 saturated heterocycles. The second-order valence-electron chi connectivity index (χ2n) is 5.37. The first-order chi connectivity index (χ1) is 12.7. The summed E-state index contributed by atoms with van der Waals surface area (Å²) >= 11 is 7.58. The molecule has 4 nitrogen and oxygen atoms in total. The fourth-order valence-corrected chi connectivity index (χ4v) is 3.46. The van der Waals surface area contributed by atoms with Crippen LogP contribution in [0.5, 0.6) is 0 Å². The Hall–Kier alpha value is -3.07. The summed E-state index contributed by atoms with van der Waals surface area (Å²) < 4.78 is 11.2. The largest absolute Gasteiger partial charge is 0.463 e. The Balaban J connectivity index is 1.65. The molecule has 0 radical (unpaired) electrons. The molecule has 26 heavy (non-hydrogen) atoms. The first kappa shape index (κ1) is 16.4. The molecule has 0 saturated carbocycles. The van der Waals surface area contributed by atoms with E-state index in [0.717, 1.165) is 5.56 Å².